The van der Waals surface area contributed by atoms with Crippen LogP contribution in [0.1, 0.15) is 110 Å². The van der Waals surface area contributed by atoms with Crippen molar-refractivity contribution in [2.45, 2.75) is 118 Å². The molecular formula is C42H51ClF3N5O2S. The van der Waals surface area contributed by atoms with E-state index < -0.39 is 23.2 Å². The van der Waals surface area contributed by atoms with Gasteiger partial charge in [-0.1, -0.05) is 84.5 Å². The molecule has 4 aromatic rings. The molecule has 54 heavy (non-hydrogen) atoms. The fraction of sp³-hybridized carbons (Fsp3) is 0.524. The second kappa shape index (κ2) is 17.3. The normalized spacial score (nSPS) is 17.9. The topological polar surface area (TPSA) is 82.3 Å². The summed E-state index contributed by atoms with van der Waals surface area (Å²) in [6, 6.07) is 6.02. The first kappa shape index (κ1) is 41.3. The van der Waals surface area contributed by atoms with Crippen molar-refractivity contribution in [2.24, 2.45) is 5.41 Å². The number of piperazine rings is 1. The Balaban J connectivity index is 1.70. The summed E-state index contributed by atoms with van der Waals surface area (Å²) in [5, 5.41) is 10.9. The van der Waals surface area contributed by atoms with Gasteiger partial charge in [0.05, 0.1) is 21.9 Å². The summed E-state index contributed by atoms with van der Waals surface area (Å²) in [4.78, 5) is 26.6. The van der Waals surface area contributed by atoms with Gasteiger partial charge in [0.25, 0.3) is 0 Å². The van der Waals surface area contributed by atoms with E-state index in [1.54, 1.807) is 11.0 Å². The number of ether oxygens (including phenoxy) is 1. The minimum atomic E-state index is -1.00. The zero-order chi connectivity index (χ0) is 39.5. The number of carbonyl (C=O) groups is 1. The van der Waals surface area contributed by atoms with Crippen molar-refractivity contribution in [3.63, 3.8) is 0 Å². The van der Waals surface area contributed by atoms with Crippen LogP contribution in [0.5, 0.6) is 6.01 Å². The van der Waals surface area contributed by atoms with Crippen molar-refractivity contribution >= 4 is 55.7 Å². The van der Waals surface area contributed by atoms with Crippen LogP contribution >= 0.6 is 22.9 Å². The van der Waals surface area contributed by atoms with Crippen LogP contribution in [0.3, 0.4) is 0 Å². The van der Waals surface area contributed by atoms with Crippen molar-refractivity contribution in [3.8, 4) is 23.2 Å². The molecule has 0 saturated carbocycles. The van der Waals surface area contributed by atoms with E-state index in [0.717, 1.165) is 32.1 Å². The molecule has 1 fully saturated rings. The highest BCUT2D eigenvalue weighted by atomic mass is 35.5. The van der Waals surface area contributed by atoms with Gasteiger partial charge in [0, 0.05) is 51.8 Å². The molecule has 7 nitrogen and oxygen atoms in total. The fourth-order valence-electron chi connectivity index (χ4n) is 7.58. The number of nitriles is 1. The molecule has 2 aromatic carbocycles. The van der Waals surface area contributed by atoms with Gasteiger partial charge in [-0.2, -0.15) is 15.2 Å². The Bertz CT molecular complexity index is 2070. The standard InChI is InChI=1S/C42H51ClF3N5O2S/c1-9-12-13-14-17-42(8,19-27(44)10-2)23-53-41-48-37-29(40(49-41)51-22-25(6)50(21-26(51)7)33(52)11-3)18-31(43)35(36(37)46)28-15-16-32(45)39-34(28)30(20-47)38(54-39)24(4)5/h11,15-16,18,24-27H,3,9-10,12-14,17,19,21-23H2,1-2,4-8H3. The molecule has 0 radical (unpaired) electrons. The van der Waals surface area contributed by atoms with Gasteiger partial charge in [-0.15, -0.1) is 11.3 Å². The van der Waals surface area contributed by atoms with Gasteiger partial charge >= 0.3 is 6.01 Å². The molecule has 2 aromatic heterocycles. The maximum atomic E-state index is 17.4. The van der Waals surface area contributed by atoms with Crippen LogP contribution in [0, 0.1) is 28.4 Å². The van der Waals surface area contributed by atoms with Gasteiger partial charge in [0.1, 0.15) is 29.4 Å². The molecule has 4 unspecified atom stereocenters. The number of alkyl halides is 1. The van der Waals surface area contributed by atoms with E-state index >= 15 is 8.78 Å². The smallest absolute Gasteiger partial charge is 0.319 e. The average molecular weight is 782 g/mol. The van der Waals surface area contributed by atoms with E-state index in [0.29, 0.717) is 47.4 Å². The Kier molecular flexibility index (Phi) is 13.2. The number of halogens is 4. The minimum Gasteiger partial charge on any atom is -0.463 e. The summed E-state index contributed by atoms with van der Waals surface area (Å²) >= 11 is 8.16. The van der Waals surface area contributed by atoms with E-state index in [-0.39, 0.29) is 68.5 Å². The lowest BCUT2D eigenvalue weighted by atomic mass is 9.80. The molecule has 4 atom stereocenters. The molecule has 12 heteroatoms. The third-order valence-corrected chi connectivity index (χ3v) is 12.4. The highest BCUT2D eigenvalue weighted by Gasteiger charge is 2.35. The van der Waals surface area contributed by atoms with Crippen molar-refractivity contribution < 1.29 is 22.7 Å². The third kappa shape index (κ3) is 8.35. The quantitative estimate of drug-likeness (QED) is 0.0882. The minimum absolute atomic E-state index is 0.0128. The van der Waals surface area contributed by atoms with Crippen LogP contribution in [0.4, 0.5) is 19.0 Å². The van der Waals surface area contributed by atoms with Crippen LogP contribution in [0.2, 0.25) is 5.02 Å². The van der Waals surface area contributed by atoms with Gasteiger partial charge in [-0.05, 0) is 62.8 Å². The number of rotatable bonds is 15. The summed E-state index contributed by atoms with van der Waals surface area (Å²) < 4.78 is 54.2. The number of unbranched alkanes of at least 4 members (excludes halogenated alkanes) is 3. The van der Waals surface area contributed by atoms with Gasteiger partial charge in [0.15, 0.2) is 5.82 Å². The van der Waals surface area contributed by atoms with Gasteiger partial charge < -0.3 is 14.5 Å². The molecule has 0 aliphatic carbocycles. The Morgan fingerprint density at radius 2 is 1.93 bits per heavy atom. The van der Waals surface area contributed by atoms with Crippen LogP contribution in [-0.4, -0.2) is 58.7 Å². The second-order valence-corrected chi connectivity index (χ2v) is 16.8. The zero-order valence-electron chi connectivity index (χ0n) is 32.4. The van der Waals surface area contributed by atoms with Crippen molar-refractivity contribution in [1.82, 2.24) is 14.9 Å². The van der Waals surface area contributed by atoms with E-state index in [4.69, 9.17) is 21.3 Å². The zero-order valence-corrected chi connectivity index (χ0v) is 33.9. The van der Waals surface area contributed by atoms with Crippen molar-refractivity contribution in [1.29, 1.82) is 5.26 Å². The van der Waals surface area contributed by atoms with Gasteiger partial charge in [-0.25, -0.2) is 13.2 Å². The highest BCUT2D eigenvalue weighted by molar-refractivity contribution is 7.19. The summed E-state index contributed by atoms with van der Waals surface area (Å²) in [7, 11) is 0. The highest BCUT2D eigenvalue weighted by Crippen LogP contribution is 2.46. The molecule has 3 heterocycles. The predicted octanol–water partition coefficient (Wildman–Crippen LogP) is 11.5. The van der Waals surface area contributed by atoms with E-state index in [1.165, 1.54) is 29.5 Å². The number of hydrogen-bond donors (Lipinski definition) is 0. The van der Waals surface area contributed by atoms with Gasteiger partial charge in [-0.3, -0.25) is 4.79 Å². The predicted molar refractivity (Wildman–Crippen MR) is 214 cm³/mol. The van der Waals surface area contributed by atoms with Crippen LogP contribution < -0.4 is 9.64 Å². The number of anilines is 1. The first-order valence-corrected chi connectivity index (χ1v) is 20.2. The van der Waals surface area contributed by atoms with Gasteiger partial charge in [0.2, 0.25) is 5.91 Å². The summed E-state index contributed by atoms with van der Waals surface area (Å²) in [5.74, 6) is -1.14. The Morgan fingerprint density at radius 1 is 1.19 bits per heavy atom. The number of fused-ring (bicyclic) bond motifs is 2. The Hall–Kier alpha value is -3.88. The maximum absolute atomic E-state index is 17.4. The molecule has 290 valence electrons. The number of benzene rings is 2. The molecule has 1 aliphatic heterocycles. The lowest BCUT2D eigenvalue weighted by Crippen LogP contribution is -2.58. The molecule has 1 saturated heterocycles. The maximum Gasteiger partial charge on any atom is 0.319 e. The fourth-order valence-corrected chi connectivity index (χ4v) is 9.06. The van der Waals surface area contributed by atoms with E-state index in [2.05, 4.69) is 24.6 Å². The monoisotopic (exact) mass is 781 g/mol. The van der Waals surface area contributed by atoms with Crippen LogP contribution in [0.25, 0.3) is 32.1 Å². The Morgan fingerprint density at radius 3 is 2.57 bits per heavy atom. The molecule has 5 rings (SSSR count). The molecule has 0 N–H and O–H groups in total. The SMILES string of the molecule is C=CC(=O)N1CC(C)N(c2nc(OCC(C)(CCCCCC)CC(F)CC)nc3c(F)c(-c4ccc(F)c5sc(C(C)C)c(C#N)c45)c(Cl)cc23)CC1C. The lowest BCUT2D eigenvalue weighted by Gasteiger charge is -2.44. The lowest BCUT2D eigenvalue weighted by molar-refractivity contribution is -0.128. The van der Waals surface area contributed by atoms with Crippen LogP contribution in [-0.2, 0) is 4.79 Å². The molecule has 0 spiro atoms. The van der Waals surface area contributed by atoms with Crippen molar-refractivity contribution in [3.05, 3.63) is 58.0 Å². The molecule has 0 bridgehead atoms. The van der Waals surface area contributed by atoms with Crippen molar-refractivity contribution in [2.75, 3.05) is 24.6 Å². The van der Waals surface area contributed by atoms with E-state index in [9.17, 15) is 14.4 Å². The number of aromatic nitrogens is 2. The second-order valence-electron chi connectivity index (χ2n) is 15.3. The molecular weight excluding hydrogens is 731 g/mol. The molecule has 1 amide bonds. The number of nitrogens with zero attached hydrogens (tertiary/aromatic N) is 5. The molecule has 1 aliphatic rings. The Labute approximate surface area is 326 Å². The largest absolute Gasteiger partial charge is 0.463 e. The number of amides is 1. The third-order valence-electron chi connectivity index (χ3n) is 10.6. The number of hydrogen-bond acceptors (Lipinski definition) is 7. The first-order chi connectivity index (χ1) is 25.7. The summed E-state index contributed by atoms with van der Waals surface area (Å²) in [5.41, 5.74) is -0.0277. The first-order valence-electron chi connectivity index (χ1n) is 19.0. The van der Waals surface area contributed by atoms with E-state index in [1.807, 2.05) is 46.4 Å². The summed E-state index contributed by atoms with van der Waals surface area (Å²) in [6.45, 7) is 18.2. The number of thiophene rings is 1. The van der Waals surface area contributed by atoms with Crippen LogP contribution in [0.15, 0.2) is 30.9 Å². The summed E-state index contributed by atoms with van der Waals surface area (Å²) in [6.07, 6.45) is 5.86. The average Bonchev–Trinajstić information content (AvgIpc) is 3.55. The number of carbonyl (C=O) groups excluding carboxylic acids is 1.